The van der Waals surface area contributed by atoms with Gasteiger partial charge in [0.25, 0.3) is 5.78 Å². The highest BCUT2D eigenvalue weighted by Gasteiger charge is 2.21. The molecule has 0 aliphatic rings. The van der Waals surface area contributed by atoms with Crippen LogP contribution in [0.2, 0.25) is 0 Å². The van der Waals surface area contributed by atoms with E-state index in [-0.39, 0.29) is 5.57 Å². The van der Waals surface area contributed by atoms with Crippen LogP contribution in [0, 0.1) is 0 Å². The van der Waals surface area contributed by atoms with Gasteiger partial charge in [-0.2, -0.15) is 0 Å². The van der Waals surface area contributed by atoms with E-state index in [1.165, 1.54) is 5.56 Å². The maximum atomic E-state index is 12.3. The van der Waals surface area contributed by atoms with Crippen molar-refractivity contribution in [3.63, 3.8) is 0 Å². The number of hydrogen-bond donors (Lipinski definition) is 1. The summed E-state index contributed by atoms with van der Waals surface area (Å²) in [6, 6.07) is 18.7. The van der Waals surface area contributed by atoms with Gasteiger partial charge in [0.05, 0.1) is 16.8 Å². The first kappa shape index (κ1) is 17.5. The molecule has 0 aliphatic heterocycles. The number of rotatable bonds is 5. The number of pyridine rings is 1. The van der Waals surface area contributed by atoms with Crippen LogP contribution in [0.4, 0.5) is 0 Å². The summed E-state index contributed by atoms with van der Waals surface area (Å²) >= 11 is 0. The first-order valence-corrected chi connectivity index (χ1v) is 8.41. The van der Waals surface area contributed by atoms with Crippen LogP contribution < -0.4 is 0 Å². The molecule has 0 bridgehead atoms. The summed E-state index contributed by atoms with van der Waals surface area (Å²) in [5, 5.41) is 10.1. The molecule has 0 fully saturated rings. The lowest BCUT2D eigenvalue weighted by Gasteiger charge is -2.08. The topological polar surface area (TPSA) is 67.3 Å². The van der Waals surface area contributed by atoms with E-state index in [1.54, 1.807) is 12.1 Å². The molecule has 0 aliphatic carbocycles. The number of benzene rings is 2. The number of nitrogens with zero attached hydrogens (tertiary/aromatic N) is 1. The Kier molecular flexibility index (Phi) is 4.94. The van der Waals surface area contributed by atoms with Crippen molar-refractivity contribution in [2.75, 3.05) is 0 Å². The summed E-state index contributed by atoms with van der Waals surface area (Å²) < 4.78 is 0. The normalized spacial score (nSPS) is 11.7. The zero-order valence-corrected chi connectivity index (χ0v) is 14.6. The van der Waals surface area contributed by atoms with Crippen molar-refractivity contribution in [2.24, 2.45) is 0 Å². The van der Waals surface area contributed by atoms with Gasteiger partial charge in [0.2, 0.25) is 0 Å². The zero-order valence-electron chi connectivity index (χ0n) is 14.6. The Balaban J connectivity index is 2.09. The van der Waals surface area contributed by atoms with Gasteiger partial charge in [-0.15, -0.1) is 0 Å². The number of carboxylic acids is 1. The third kappa shape index (κ3) is 3.70. The molecule has 0 saturated carbocycles. The largest absolute Gasteiger partial charge is 0.475 e. The molecule has 3 rings (SSSR count). The van der Waals surface area contributed by atoms with Crippen molar-refractivity contribution in [2.45, 2.75) is 19.8 Å². The monoisotopic (exact) mass is 345 g/mol. The third-order valence-electron chi connectivity index (χ3n) is 4.23. The fraction of sp³-hybridized carbons (Fsp3) is 0.136. The van der Waals surface area contributed by atoms with Crippen molar-refractivity contribution >= 4 is 34.3 Å². The number of para-hydroxylation sites is 1. The van der Waals surface area contributed by atoms with E-state index in [4.69, 9.17) is 0 Å². The summed E-state index contributed by atoms with van der Waals surface area (Å²) in [5.41, 5.74) is 3.07. The fourth-order valence-corrected chi connectivity index (χ4v) is 2.73. The number of hydrogen-bond acceptors (Lipinski definition) is 3. The number of carbonyl (C=O) groups excluding carboxylic acids is 1. The number of aliphatic carboxylic acids is 1. The molecule has 1 aromatic heterocycles. The molecule has 0 spiro atoms. The molecule has 0 amide bonds. The second kappa shape index (κ2) is 7.31. The van der Waals surface area contributed by atoms with Crippen molar-refractivity contribution in [1.29, 1.82) is 0 Å². The van der Waals surface area contributed by atoms with E-state index in [2.05, 4.69) is 18.8 Å². The van der Waals surface area contributed by atoms with Crippen LogP contribution >= 0.6 is 0 Å². The highest BCUT2D eigenvalue weighted by atomic mass is 16.4. The summed E-state index contributed by atoms with van der Waals surface area (Å²) in [6.07, 6.45) is 1.58. The van der Waals surface area contributed by atoms with Crippen LogP contribution in [0.25, 0.3) is 22.6 Å². The highest BCUT2D eigenvalue weighted by molar-refractivity contribution is 6.52. The van der Waals surface area contributed by atoms with Gasteiger partial charge in [0.15, 0.2) is 0 Å². The van der Waals surface area contributed by atoms with Crippen LogP contribution in [0.15, 0.2) is 60.7 Å². The fourth-order valence-electron chi connectivity index (χ4n) is 2.73. The molecular weight excluding hydrogens is 326 g/mol. The lowest BCUT2D eigenvalue weighted by molar-refractivity contribution is -0.146. The Morgan fingerprint density at radius 1 is 0.962 bits per heavy atom. The van der Waals surface area contributed by atoms with Gasteiger partial charge in [0.1, 0.15) is 0 Å². The average molecular weight is 345 g/mol. The molecule has 1 N–H and O–H groups in total. The van der Waals surface area contributed by atoms with E-state index in [0.717, 1.165) is 10.9 Å². The number of carboxylic acid groups (broad SMARTS) is 1. The SMILES string of the molecule is CC(C)c1ccc(/C=C(\C(=O)C(=O)O)c2ccc3ccccc3n2)cc1. The predicted molar refractivity (Wildman–Crippen MR) is 103 cm³/mol. The van der Waals surface area contributed by atoms with Crippen molar-refractivity contribution in [1.82, 2.24) is 4.98 Å². The summed E-state index contributed by atoms with van der Waals surface area (Å²) in [6.45, 7) is 4.20. The van der Waals surface area contributed by atoms with E-state index in [9.17, 15) is 14.7 Å². The minimum absolute atomic E-state index is 0.0700. The Hall–Kier alpha value is -3.27. The molecule has 4 nitrogen and oxygen atoms in total. The van der Waals surface area contributed by atoms with Gasteiger partial charge in [-0.1, -0.05) is 62.4 Å². The molecule has 4 heteroatoms. The lowest BCUT2D eigenvalue weighted by atomic mass is 9.99. The molecule has 0 radical (unpaired) electrons. The van der Waals surface area contributed by atoms with E-state index in [0.29, 0.717) is 17.1 Å². The van der Waals surface area contributed by atoms with Gasteiger partial charge in [-0.25, -0.2) is 9.78 Å². The summed E-state index contributed by atoms with van der Waals surface area (Å²) in [4.78, 5) is 28.0. The van der Waals surface area contributed by atoms with Crippen molar-refractivity contribution < 1.29 is 14.7 Å². The van der Waals surface area contributed by atoms with Gasteiger partial charge < -0.3 is 5.11 Å². The number of Topliss-reactive ketones (excluding diaryl/α,β-unsaturated/α-hetero) is 1. The molecule has 0 atom stereocenters. The van der Waals surface area contributed by atoms with Crippen molar-refractivity contribution in [3.05, 3.63) is 77.5 Å². The van der Waals surface area contributed by atoms with Gasteiger partial charge in [-0.05, 0) is 35.3 Å². The van der Waals surface area contributed by atoms with E-state index < -0.39 is 11.8 Å². The maximum absolute atomic E-state index is 12.3. The smallest absolute Gasteiger partial charge is 0.377 e. The Labute approximate surface area is 151 Å². The zero-order chi connectivity index (χ0) is 18.7. The minimum Gasteiger partial charge on any atom is -0.475 e. The number of ketones is 1. The maximum Gasteiger partial charge on any atom is 0.377 e. The molecule has 2 aromatic carbocycles. The van der Waals surface area contributed by atoms with Crippen LogP contribution in [0.3, 0.4) is 0 Å². The summed E-state index contributed by atoms with van der Waals surface area (Å²) in [7, 11) is 0. The third-order valence-corrected chi connectivity index (χ3v) is 4.23. The van der Waals surface area contributed by atoms with Crippen LogP contribution in [-0.4, -0.2) is 21.8 Å². The predicted octanol–water partition coefficient (Wildman–Crippen LogP) is 4.55. The second-order valence-corrected chi connectivity index (χ2v) is 6.40. The van der Waals surface area contributed by atoms with Crippen LogP contribution in [-0.2, 0) is 9.59 Å². The molecule has 130 valence electrons. The first-order valence-electron chi connectivity index (χ1n) is 8.41. The van der Waals surface area contributed by atoms with Gasteiger partial charge in [0, 0.05) is 5.39 Å². The second-order valence-electron chi connectivity index (χ2n) is 6.40. The first-order chi connectivity index (χ1) is 12.5. The van der Waals surface area contributed by atoms with Crippen molar-refractivity contribution in [3.8, 4) is 0 Å². The average Bonchev–Trinajstić information content (AvgIpc) is 2.65. The number of carbonyl (C=O) groups is 2. The molecule has 3 aromatic rings. The van der Waals surface area contributed by atoms with E-state index >= 15 is 0 Å². The molecule has 0 saturated heterocycles. The molecular formula is C22H19NO3. The highest BCUT2D eigenvalue weighted by Crippen LogP contribution is 2.22. The van der Waals surface area contributed by atoms with Gasteiger partial charge >= 0.3 is 5.97 Å². The van der Waals surface area contributed by atoms with Gasteiger partial charge in [-0.3, -0.25) is 4.79 Å². The Morgan fingerprint density at radius 2 is 1.65 bits per heavy atom. The minimum atomic E-state index is -1.50. The quantitative estimate of drug-likeness (QED) is 0.544. The molecule has 1 heterocycles. The Bertz CT molecular complexity index is 1000. The van der Waals surface area contributed by atoms with Crippen LogP contribution in [0.1, 0.15) is 36.6 Å². The molecule has 26 heavy (non-hydrogen) atoms. The number of fused-ring (bicyclic) bond motifs is 1. The number of aromatic nitrogens is 1. The summed E-state index contributed by atoms with van der Waals surface area (Å²) in [5.74, 6) is -2.07. The molecule has 0 unspecified atom stereocenters. The van der Waals surface area contributed by atoms with E-state index in [1.807, 2.05) is 54.6 Å². The van der Waals surface area contributed by atoms with Crippen LogP contribution in [0.5, 0.6) is 0 Å². The lowest BCUT2D eigenvalue weighted by Crippen LogP contribution is -2.15. The standard InChI is InChI=1S/C22H19NO3/c1-14(2)16-9-7-15(8-10-16)13-18(21(24)22(25)26)20-12-11-17-5-3-4-6-19(17)23-20/h3-14H,1-2H3,(H,25,26)/b18-13-. The Morgan fingerprint density at radius 3 is 2.31 bits per heavy atom.